The van der Waals surface area contributed by atoms with Crippen LogP contribution >= 0.6 is 11.6 Å². The van der Waals surface area contributed by atoms with Gasteiger partial charge in [0, 0.05) is 22.1 Å². The van der Waals surface area contributed by atoms with Crippen LogP contribution in [0.5, 0.6) is 5.75 Å². The first-order valence-electron chi connectivity index (χ1n) is 10.1. The first-order valence-corrected chi connectivity index (χ1v) is 10.5. The lowest BCUT2D eigenvalue weighted by Gasteiger charge is -2.08. The molecule has 0 bridgehead atoms. The molecule has 0 radical (unpaired) electrons. The van der Waals surface area contributed by atoms with Crippen LogP contribution in [0.15, 0.2) is 53.2 Å². The van der Waals surface area contributed by atoms with Crippen molar-refractivity contribution in [2.75, 3.05) is 6.61 Å². The number of carbonyl (C=O) groups is 1. The second-order valence-corrected chi connectivity index (χ2v) is 7.80. The molecule has 0 unspecified atom stereocenters. The molecule has 0 aliphatic carbocycles. The molecule has 4 rings (SSSR count). The molecule has 7 heteroatoms. The Morgan fingerprint density at radius 3 is 2.71 bits per heavy atom. The summed E-state index contributed by atoms with van der Waals surface area (Å²) in [4.78, 5) is 15.5. The molecule has 0 aliphatic rings. The third-order valence-electron chi connectivity index (χ3n) is 5.21. The second-order valence-electron chi connectivity index (χ2n) is 7.36. The monoisotopic (exact) mass is 438 g/mol. The number of benzene rings is 2. The molecule has 1 N–H and O–H groups in total. The van der Waals surface area contributed by atoms with E-state index in [1.807, 2.05) is 38.2 Å². The number of hydrogen-bond donors (Lipinski definition) is 1. The van der Waals surface area contributed by atoms with E-state index in [4.69, 9.17) is 25.6 Å². The summed E-state index contributed by atoms with van der Waals surface area (Å²) in [6, 6.07) is 12.7. The van der Waals surface area contributed by atoms with Crippen LogP contribution in [-0.4, -0.2) is 22.7 Å². The first kappa shape index (κ1) is 21.0. The summed E-state index contributed by atoms with van der Waals surface area (Å²) in [7, 11) is 0. The van der Waals surface area contributed by atoms with E-state index in [0.717, 1.165) is 46.3 Å². The lowest BCUT2D eigenvalue weighted by Crippen LogP contribution is -2.07. The number of rotatable bonds is 8. The average molecular weight is 439 g/mol. The molecule has 0 saturated heterocycles. The van der Waals surface area contributed by atoms with Gasteiger partial charge in [-0.05, 0) is 74.7 Å². The summed E-state index contributed by atoms with van der Waals surface area (Å²) in [5, 5.41) is 5.72. The van der Waals surface area contributed by atoms with Crippen LogP contribution in [0.3, 0.4) is 0 Å². The van der Waals surface area contributed by atoms with Crippen molar-refractivity contribution in [3.8, 4) is 5.75 Å². The largest absolute Gasteiger partial charge is 0.489 e. The number of aryl methyl sites for hydroxylation is 3. The number of ether oxygens (including phenoxy) is 2. The van der Waals surface area contributed by atoms with Gasteiger partial charge < -0.3 is 19.0 Å². The number of H-pyrrole nitrogens is 1. The quantitative estimate of drug-likeness (QED) is 0.278. The molecule has 6 nitrogen and oxygen atoms in total. The molecule has 2 aromatic heterocycles. The Bertz CT molecular complexity index is 1170. The number of hydrogen-bond acceptors (Lipinski definition) is 5. The van der Waals surface area contributed by atoms with Gasteiger partial charge in [0.2, 0.25) is 0 Å². The first-order chi connectivity index (χ1) is 15.0. The normalized spacial score (nSPS) is 11.1. The summed E-state index contributed by atoms with van der Waals surface area (Å²) in [6.45, 7) is 4.44. The number of aromatic amines is 1. The van der Waals surface area contributed by atoms with Crippen molar-refractivity contribution >= 4 is 28.5 Å². The van der Waals surface area contributed by atoms with E-state index in [2.05, 4.69) is 10.1 Å². The van der Waals surface area contributed by atoms with Crippen molar-refractivity contribution in [2.24, 2.45) is 0 Å². The lowest BCUT2D eigenvalue weighted by atomic mass is 10.1. The Morgan fingerprint density at radius 2 is 1.97 bits per heavy atom. The fourth-order valence-electron chi connectivity index (χ4n) is 3.42. The van der Waals surface area contributed by atoms with E-state index in [-0.39, 0.29) is 5.97 Å². The maximum absolute atomic E-state index is 12.3. The fourth-order valence-corrected chi connectivity index (χ4v) is 3.59. The van der Waals surface area contributed by atoms with Gasteiger partial charge in [-0.15, -0.1) is 0 Å². The molecule has 2 heterocycles. The number of fused-ring (bicyclic) bond motifs is 1. The van der Waals surface area contributed by atoms with Gasteiger partial charge >= 0.3 is 5.97 Å². The Hall–Kier alpha value is -3.25. The third kappa shape index (κ3) is 4.91. The Balaban J connectivity index is 1.25. The van der Waals surface area contributed by atoms with Crippen LogP contribution in [-0.2, 0) is 17.8 Å². The van der Waals surface area contributed by atoms with Crippen molar-refractivity contribution in [3.63, 3.8) is 0 Å². The number of nitrogens with one attached hydrogen (secondary N) is 1. The van der Waals surface area contributed by atoms with Crippen LogP contribution < -0.4 is 4.74 Å². The van der Waals surface area contributed by atoms with E-state index in [0.29, 0.717) is 29.5 Å². The maximum atomic E-state index is 12.3. The number of aromatic nitrogens is 2. The standard InChI is InChI=1S/C24H23ClN2O4/c1-15-22(16(2)31-27-15)14-30-20-8-5-17(6-9-20)24(28)29-11-3-4-18-13-26-23-10-7-19(25)12-21(18)23/h5-10,12-13,26H,3-4,11,14H2,1-2H3. The number of halogens is 1. The predicted molar refractivity (Wildman–Crippen MR) is 119 cm³/mol. The van der Waals surface area contributed by atoms with Crippen LogP contribution in [0.25, 0.3) is 10.9 Å². The lowest BCUT2D eigenvalue weighted by molar-refractivity contribution is 0.0500. The van der Waals surface area contributed by atoms with Crippen molar-refractivity contribution in [1.82, 2.24) is 10.1 Å². The van der Waals surface area contributed by atoms with Gasteiger partial charge in [-0.1, -0.05) is 16.8 Å². The second kappa shape index (κ2) is 9.27. The van der Waals surface area contributed by atoms with Crippen molar-refractivity contribution in [2.45, 2.75) is 33.3 Å². The van der Waals surface area contributed by atoms with Crippen LogP contribution in [0.4, 0.5) is 0 Å². The van der Waals surface area contributed by atoms with E-state index in [1.54, 1.807) is 24.3 Å². The summed E-state index contributed by atoms with van der Waals surface area (Å²) in [5.74, 6) is 1.06. The zero-order valence-corrected chi connectivity index (χ0v) is 18.2. The van der Waals surface area contributed by atoms with E-state index in [1.165, 1.54) is 0 Å². The molecule has 0 spiro atoms. The zero-order chi connectivity index (χ0) is 21.8. The van der Waals surface area contributed by atoms with Gasteiger partial charge in [0.25, 0.3) is 0 Å². The zero-order valence-electron chi connectivity index (χ0n) is 17.4. The Kier molecular flexibility index (Phi) is 6.28. The highest BCUT2D eigenvalue weighted by atomic mass is 35.5. The summed E-state index contributed by atoms with van der Waals surface area (Å²) in [6.07, 6.45) is 3.50. The smallest absolute Gasteiger partial charge is 0.338 e. The molecule has 4 aromatic rings. The van der Waals surface area contributed by atoms with Gasteiger partial charge in [-0.25, -0.2) is 4.79 Å². The summed E-state index contributed by atoms with van der Waals surface area (Å²) in [5.41, 5.74) is 4.44. The van der Waals surface area contributed by atoms with Crippen molar-refractivity contribution in [1.29, 1.82) is 0 Å². The van der Waals surface area contributed by atoms with Gasteiger partial charge in [-0.2, -0.15) is 0 Å². The Morgan fingerprint density at radius 1 is 1.16 bits per heavy atom. The Labute approximate surface area is 185 Å². The highest BCUT2D eigenvalue weighted by molar-refractivity contribution is 6.31. The number of carbonyl (C=O) groups excluding carboxylic acids is 1. The summed E-state index contributed by atoms with van der Waals surface area (Å²) < 4.78 is 16.3. The molecule has 0 saturated carbocycles. The summed E-state index contributed by atoms with van der Waals surface area (Å²) >= 11 is 6.09. The molecule has 0 aliphatic heterocycles. The number of nitrogens with zero attached hydrogens (tertiary/aromatic N) is 1. The van der Waals surface area contributed by atoms with E-state index in [9.17, 15) is 4.79 Å². The minimum absolute atomic E-state index is 0.344. The molecule has 31 heavy (non-hydrogen) atoms. The molecular weight excluding hydrogens is 416 g/mol. The minimum Gasteiger partial charge on any atom is -0.489 e. The molecule has 0 fully saturated rings. The van der Waals surface area contributed by atoms with E-state index < -0.39 is 0 Å². The number of esters is 1. The molecule has 0 atom stereocenters. The van der Waals surface area contributed by atoms with Crippen LogP contribution in [0.2, 0.25) is 5.02 Å². The third-order valence-corrected chi connectivity index (χ3v) is 5.44. The van der Waals surface area contributed by atoms with Crippen molar-refractivity contribution in [3.05, 3.63) is 81.8 Å². The average Bonchev–Trinajstić information content (AvgIpc) is 3.32. The van der Waals surface area contributed by atoms with Crippen molar-refractivity contribution < 1.29 is 18.8 Å². The van der Waals surface area contributed by atoms with Gasteiger partial charge in [0.05, 0.1) is 23.4 Å². The van der Waals surface area contributed by atoms with Gasteiger partial charge in [0.15, 0.2) is 0 Å². The topological polar surface area (TPSA) is 77.3 Å². The highest BCUT2D eigenvalue weighted by Gasteiger charge is 2.11. The molecule has 2 aromatic carbocycles. The molecule has 0 amide bonds. The highest BCUT2D eigenvalue weighted by Crippen LogP contribution is 2.23. The van der Waals surface area contributed by atoms with Crippen LogP contribution in [0, 0.1) is 13.8 Å². The van der Waals surface area contributed by atoms with Gasteiger partial charge in [-0.3, -0.25) is 0 Å². The SMILES string of the molecule is Cc1noc(C)c1COc1ccc(C(=O)OCCCc2c[nH]c3ccc(Cl)cc23)cc1. The minimum atomic E-state index is -0.348. The van der Waals surface area contributed by atoms with Gasteiger partial charge in [0.1, 0.15) is 18.1 Å². The molecule has 160 valence electrons. The van der Waals surface area contributed by atoms with Crippen LogP contribution in [0.1, 0.15) is 39.4 Å². The molecular formula is C24H23ClN2O4. The van der Waals surface area contributed by atoms with E-state index >= 15 is 0 Å². The fraction of sp³-hybridized carbons (Fsp3) is 0.250. The maximum Gasteiger partial charge on any atom is 0.338 e. The predicted octanol–water partition coefficient (Wildman–Crippen LogP) is 5.79.